The molecule has 244 valence electrons. The zero-order chi connectivity index (χ0) is 33.0. The second-order valence-electron chi connectivity index (χ2n) is 11.7. The molecule has 48 heavy (non-hydrogen) atoms. The fourth-order valence-corrected chi connectivity index (χ4v) is 5.87. The van der Waals surface area contributed by atoms with Gasteiger partial charge in [0.1, 0.15) is 36.3 Å². The van der Waals surface area contributed by atoms with Crippen molar-refractivity contribution in [3.8, 4) is 6.07 Å². The minimum Gasteiger partial charge on any atom is -0.374 e. The maximum Gasteiger partial charge on any atom is 0.129 e. The topological polar surface area (TPSA) is 69.9 Å². The highest BCUT2D eigenvalue weighted by atomic mass is 19.1. The molecule has 7 heteroatoms. The molecule has 1 fully saturated rings. The third kappa shape index (κ3) is 8.81. The van der Waals surface area contributed by atoms with E-state index < -0.39 is 36.3 Å². The molecule has 5 aromatic rings. The summed E-state index contributed by atoms with van der Waals surface area (Å²) in [7, 11) is 0. The van der Waals surface area contributed by atoms with Gasteiger partial charge in [0, 0.05) is 5.56 Å². The van der Waals surface area contributed by atoms with Crippen LogP contribution < -0.4 is 0 Å². The third-order valence-corrected chi connectivity index (χ3v) is 8.31. The first-order valence-electron chi connectivity index (χ1n) is 16.1. The summed E-state index contributed by atoms with van der Waals surface area (Å²) in [5.74, 6) is -0.498. The highest BCUT2D eigenvalue weighted by molar-refractivity contribution is 5.36. The minimum atomic E-state index is -0.926. The molecule has 0 bridgehead atoms. The number of halogens is 1. The summed E-state index contributed by atoms with van der Waals surface area (Å²) in [4.78, 5) is 0. The molecule has 1 heterocycles. The highest BCUT2D eigenvalue weighted by Gasteiger charge is 2.49. The van der Waals surface area contributed by atoms with E-state index in [1.807, 2.05) is 121 Å². The van der Waals surface area contributed by atoms with Crippen molar-refractivity contribution in [1.29, 1.82) is 5.26 Å². The first kappa shape index (κ1) is 33.2. The predicted octanol–water partition coefficient (Wildman–Crippen LogP) is 8.11. The van der Waals surface area contributed by atoms with Gasteiger partial charge in [-0.05, 0) is 40.5 Å². The van der Waals surface area contributed by atoms with E-state index in [1.54, 1.807) is 0 Å². The van der Waals surface area contributed by atoms with Crippen LogP contribution in [-0.4, -0.2) is 31.0 Å². The van der Waals surface area contributed by atoms with Gasteiger partial charge in [-0.3, -0.25) is 0 Å². The number of hydrogen-bond acceptors (Lipinski definition) is 6. The maximum atomic E-state index is 15.7. The second kappa shape index (κ2) is 16.9. The van der Waals surface area contributed by atoms with Gasteiger partial charge in [-0.15, -0.1) is 0 Å². The van der Waals surface area contributed by atoms with E-state index in [2.05, 4.69) is 6.07 Å². The average molecular weight is 644 g/mol. The number of nitriles is 1. The summed E-state index contributed by atoms with van der Waals surface area (Å²) in [6.07, 6.45) is -3.74. The van der Waals surface area contributed by atoms with Crippen molar-refractivity contribution in [2.45, 2.75) is 56.9 Å². The van der Waals surface area contributed by atoms with Crippen molar-refractivity contribution >= 4 is 0 Å². The molecule has 0 aliphatic carbocycles. The normalized spacial score (nSPS) is 20.6. The summed E-state index contributed by atoms with van der Waals surface area (Å²) < 4.78 is 48.8. The van der Waals surface area contributed by atoms with Crippen molar-refractivity contribution in [3.05, 3.63) is 179 Å². The van der Waals surface area contributed by atoms with Crippen molar-refractivity contribution in [2.24, 2.45) is 0 Å². The Hall–Kier alpha value is -4.68. The van der Waals surface area contributed by atoms with E-state index in [1.165, 1.54) is 18.2 Å². The lowest BCUT2D eigenvalue weighted by Gasteiger charge is -2.46. The molecule has 5 atom stereocenters. The number of hydrogen-bond donors (Lipinski definition) is 0. The van der Waals surface area contributed by atoms with Crippen LogP contribution in [-0.2, 0) is 50.1 Å². The quantitative estimate of drug-likeness (QED) is 0.122. The molecular weight excluding hydrogens is 605 g/mol. The zero-order valence-electron chi connectivity index (χ0n) is 26.6. The zero-order valence-corrected chi connectivity index (χ0v) is 26.6. The Kier molecular flexibility index (Phi) is 11.7. The van der Waals surface area contributed by atoms with Crippen LogP contribution in [0, 0.1) is 17.1 Å². The monoisotopic (exact) mass is 643 g/mol. The molecule has 6 rings (SSSR count). The molecule has 0 aromatic heterocycles. The average Bonchev–Trinajstić information content (AvgIpc) is 3.14. The number of rotatable bonds is 14. The molecule has 1 aliphatic heterocycles. The van der Waals surface area contributed by atoms with E-state index in [4.69, 9.17) is 23.7 Å². The first-order chi connectivity index (χ1) is 23.7. The lowest BCUT2D eigenvalue weighted by Crippen LogP contribution is -2.58. The second-order valence-corrected chi connectivity index (χ2v) is 11.7. The molecule has 0 spiro atoms. The summed E-state index contributed by atoms with van der Waals surface area (Å²) in [5.41, 5.74) is 4.45. The maximum absolute atomic E-state index is 15.7. The lowest BCUT2D eigenvalue weighted by atomic mass is 9.89. The Morgan fingerprint density at radius 2 is 1.02 bits per heavy atom. The molecule has 1 aliphatic rings. The summed E-state index contributed by atoms with van der Waals surface area (Å²) in [5, 5.41) is 9.72. The molecule has 0 N–H and O–H groups in total. The molecule has 0 amide bonds. The minimum absolute atomic E-state index is 0.154. The molecule has 5 aromatic carbocycles. The summed E-state index contributed by atoms with van der Waals surface area (Å²) >= 11 is 0. The van der Waals surface area contributed by atoms with Gasteiger partial charge >= 0.3 is 0 Å². The van der Waals surface area contributed by atoms with E-state index in [-0.39, 0.29) is 25.4 Å². The lowest BCUT2D eigenvalue weighted by molar-refractivity contribution is -0.275. The van der Waals surface area contributed by atoms with Crippen molar-refractivity contribution < 1.29 is 28.1 Å². The van der Waals surface area contributed by atoms with Gasteiger partial charge in [0.25, 0.3) is 0 Å². The summed E-state index contributed by atoms with van der Waals surface area (Å²) in [6.45, 7) is 1.31. The highest BCUT2D eigenvalue weighted by Crippen LogP contribution is 2.39. The number of nitrogens with zero attached hydrogens (tertiary/aromatic N) is 1. The van der Waals surface area contributed by atoms with E-state index in [9.17, 15) is 5.26 Å². The Balaban J connectivity index is 1.38. The van der Waals surface area contributed by atoms with Crippen LogP contribution in [0.4, 0.5) is 4.39 Å². The van der Waals surface area contributed by atoms with Crippen molar-refractivity contribution in [2.75, 3.05) is 6.61 Å². The van der Waals surface area contributed by atoms with Crippen LogP contribution in [0.2, 0.25) is 0 Å². The van der Waals surface area contributed by atoms with Gasteiger partial charge in [-0.2, -0.15) is 5.26 Å². The van der Waals surface area contributed by atoms with Crippen LogP contribution in [0.5, 0.6) is 0 Å². The number of ether oxygens (including phenoxy) is 5. The van der Waals surface area contributed by atoms with E-state index in [0.717, 1.165) is 22.3 Å². The molecular formula is C41H38FNO5. The van der Waals surface area contributed by atoms with Gasteiger partial charge < -0.3 is 23.7 Å². The molecule has 1 unspecified atom stereocenters. The van der Waals surface area contributed by atoms with E-state index >= 15 is 4.39 Å². The Morgan fingerprint density at radius 1 is 0.562 bits per heavy atom. The fraction of sp³-hybridized carbons (Fsp3) is 0.244. The van der Waals surface area contributed by atoms with Crippen LogP contribution in [0.25, 0.3) is 0 Å². The summed E-state index contributed by atoms with van der Waals surface area (Å²) in [6, 6.07) is 45.8. The first-order valence-corrected chi connectivity index (χ1v) is 16.1. The van der Waals surface area contributed by atoms with Crippen LogP contribution >= 0.6 is 0 Å². The Labute approximate surface area is 281 Å². The third-order valence-electron chi connectivity index (χ3n) is 8.31. The largest absolute Gasteiger partial charge is 0.374 e. The molecule has 0 radical (unpaired) electrons. The van der Waals surface area contributed by atoms with Crippen molar-refractivity contribution in [3.63, 3.8) is 0 Å². The van der Waals surface area contributed by atoms with Crippen LogP contribution in [0.15, 0.2) is 140 Å². The Bertz CT molecular complexity index is 1730. The molecule has 6 nitrogen and oxygen atoms in total. The smallest absolute Gasteiger partial charge is 0.129 e. The van der Waals surface area contributed by atoms with Gasteiger partial charge in [0.05, 0.1) is 44.7 Å². The van der Waals surface area contributed by atoms with Gasteiger partial charge in [-0.25, -0.2) is 4.39 Å². The Morgan fingerprint density at radius 3 is 1.52 bits per heavy atom. The fourth-order valence-electron chi connectivity index (χ4n) is 5.87. The van der Waals surface area contributed by atoms with Gasteiger partial charge in [0.2, 0.25) is 0 Å². The predicted molar refractivity (Wildman–Crippen MR) is 180 cm³/mol. The molecule has 1 saturated heterocycles. The SMILES string of the molecule is N#Cc1ccc(F)c(C2O[C@H](COCc3ccccc3)[C@@H](OCc3ccccc3)[C@H](OCc3ccccc3)[C@H]2OCc2ccccc2)c1. The van der Waals surface area contributed by atoms with Crippen LogP contribution in [0.1, 0.15) is 39.5 Å². The number of benzene rings is 5. The van der Waals surface area contributed by atoms with E-state index in [0.29, 0.717) is 18.8 Å². The van der Waals surface area contributed by atoms with Gasteiger partial charge in [0.15, 0.2) is 0 Å². The standard InChI is InChI=1S/C41H38FNO5/c42-36-22-21-34(24-43)23-35(36)38-40(46-27-32-17-9-3-10-18-32)41(47-28-33-19-11-4-12-20-33)39(45-26-31-15-7-2-8-16-31)37(48-38)29-44-25-30-13-5-1-6-14-30/h1-23,37-41H,25-29H2/t37-,38?,39-,40+,41+/m1/s1. The van der Waals surface area contributed by atoms with Gasteiger partial charge in [-0.1, -0.05) is 121 Å². The van der Waals surface area contributed by atoms with Crippen molar-refractivity contribution in [1.82, 2.24) is 0 Å². The molecule has 0 saturated carbocycles. The van der Waals surface area contributed by atoms with Crippen LogP contribution in [0.3, 0.4) is 0 Å².